The van der Waals surface area contributed by atoms with E-state index >= 15 is 0 Å². The van der Waals surface area contributed by atoms with Gasteiger partial charge in [-0.05, 0) is 36.4 Å². The number of benzene rings is 2. The predicted molar refractivity (Wildman–Crippen MR) is 136 cm³/mol. The van der Waals surface area contributed by atoms with E-state index in [9.17, 15) is 88.7 Å². The van der Waals surface area contributed by atoms with Gasteiger partial charge in [0.05, 0.1) is 33.9 Å². The Morgan fingerprint density at radius 3 is 1.02 bits per heavy atom. The molecule has 0 radical (unpaired) electrons. The van der Waals surface area contributed by atoms with Crippen molar-refractivity contribution in [1.82, 2.24) is 0 Å². The highest BCUT2D eigenvalue weighted by molar-refractivity contribution is 7.95. The molecule has 0 spiro atoms. The van der Waals surface area contributed by atoms with Crippen molar-refractivity contribution < 1.29 is 88.7 Å². The molecule has 0 aliphatic rings. The van der Waals surface area contributed by atoms with Gasteiger partial charge in [-0.25, -0.2) is 0 Å². The number of carbonyl (C=O) groups is 4. The van der Waals surface area contributed by atoms with Crippen LogP contribution in [0.15, 0.2) is 36.4 Å². The molecular weight excluding hydrogens is 740 g/mol. The van der Waals surface area contributed by atoms with Crippen LogP contribution in [-0.2, 0) is 51.6 Å². The molecule has 2 N–H and O–H groups in total. The van der Waals surface area contributed by atoms with E-state index in [1.807, 2.05) is 0 Å². The SMILES string of the molecule is CC(=O)Nc1cc(N(C(=O)C(=O)N(c2ccc(C(F)(F)F)c(NC(C)=O)c2)S(=O)(=O)C(F)(F)F)S(=O)(=O)C(F)(F)F)ccc1C(F)(F)F. The Morgan fingerprint density at radius 1 is 0.542 bits per heavy atom. The number of amides is 4. The minimum absolute atomic E-state index is 0.238. The quantitative estimate of drug-likeness (QED) is 0.316. The summed E-state index contributed by atoms with van der Waals surface area (Å²) in [4.78, 5) is 49.0. The number of nitrogens with one attached hydrogen (secondary N) is 2. The third-order valence-corrected chi connectivity index (χ3v) is 8.21. The van der Waals surface area contributed by atoms with Gasteiger partial charge in [0, 0.05) is 13.8 Å². The Balaban J connectivity index is 3.03. The summed E-state index contributed by atoms with van der Waals surface area (Å²) in [6.45, 7) is 1.09. The Hall–Kier alpha value is -4.62. The first-order valence-corrected chi connectivity index (χ1v) is 14.5. The van der Waals surface area contributed by atoms with Gasteiger partial charge >= 0.3 is 55.2 Å². The predicted octanol–water partition coefficient (Wildman–Crippen LogP) is 4.71. The molecule has 26 heteroatoms. The molecule has 48 heavy (non-hydrogen) atoms. The summed E-state index contributed by atoms with van der Waals surface area (Å²) in [5.41, 5.74) is -24.2. The summed E-state index contributed by atoms with van der Waals surface area (Å²) in [5.74, 6) is -9.56. The normalized spacial score (nSPS) is 13.0. The molecule has 4 amide bonds. The molecule has 2 aromatic carbocycles. The van der Waals surface area contributed by atoms with Crippen LogP contribution < -0.4 is 19.2 Å². The first kappa shape index (κ1) is 39.6. The number of nitrogens with zero attached hydrogens (tertiary/aromatic N) is 2. The van der Waals surface area contributed by atoms with Gasteiger partial charge in [-0.2, -0.15) is 78.1 Å². The second kappa shape index (κ2) is 12.8. The van der Waals surface area contributed by atoms with Gasteiger partial charge in [-0.3, -0.25) is 19.2 Å². The molecule has 2 aromatic rings. The fourth-order valence-corrected chi connectivity index (χ4v) is 5.30. The highest BCUT2D eigenvalue weighted by atomic mass is 32.2. The van der Waals surface area contributed by atoms with Crippen molar-refractivity contribution in [2.24, 2.45) is 0 Å². The van der Waals surface area contributed by atoms with E-state index < -0.39 is 110 Å². The summed E-state index contributed by atoms with van der Waals surface area (Å²) in [6, 6.07) is -1.55. The molecule has 0 aliphatic heterocycles. The number of sulfonamides is 2. The van der Waals surface area contributed by atoms with Gasteiger partial charge < -0.3 is 10.6 Å². The largest absolute Gasteiger partial charge is 0.517 e. The van der Waals surface area contributed by atoms with Crippen LogP contribution >= 0.6 is 0 Å². The highest BCUT2D eigenvalue weighted by Crippen LogP contribution is 2.42. The number of halogens is 12. The van der Waals surface area contributed by atoms with Gasteiger partial charge in [-0.1, -0.05) is 0 Å². The standard InChI is InChI=1S/C22H14F12N4O8S2/c1-9(39)35-15-7-11(3-5-13(15)19(23,24)25)37(47(43,44)21(29,30)31)17(41)18(42)38(48(45,46)22(32,33)34)12-4-6-14(20(26,27)28)16(8-12)36-10(2)40/h3-8H,1-2H3,(H,35,39)(H,36,40). The van der Waals surface area contributed by atoms with Crippen LogP contribution in [0.1, 0.15) is 25.0 Å². The third kappa shape index (κ3) is 8.08. The number of anilines is 4. The summed E-state index contributed by atoms with van der Waals surface area (Å²) < 4.78 is 209. The molecule has 0 unspecified atom stereocenters. The second-order valence-electron chi connectivity index (χ2n) is 8.86. The van der Waals surface area contributed by atoms with Crippen LogP contribution in [0.25, 0.3) is 0 Å². The van der Waals surface area contributed by atoms with Crippen LogP contribution in [0, 0.1) is 0 Å². The molecule has 2 rings (SSSR count). The van der Waals surface area contributed by atoms with Crippen molar-refractivity contribution in [3.63, 3.8) is 0 Å². The smallest absolute Gasteiger partial charge is 0.326 e. The van der Waals surface area contributed by atoms with E-state index in [1.165, 1.54) is 10.6 Å². The van der Waals surface area contributed by atoms with E-state index in [0.717, 1.165) is 0 Å². The lowest BCUT2D eigenvalue weighted by molar-refractivity contribution is -0.138. The summed E-state index contributed by atoms with van der Waals surface area (Å²) >= 11 is 0. The lowest BCUT2D eigenvalue weighted by atomic mass is 10.1. The molecule has 0 saturated heterocycles. The van der Waals surface area contributed by atoms with E-state index in [0.29, 0.717) is 13.8 Å². The first-order valence-electron chi connectivity index (χ1n) is 11.6. The first-order chi connectivity index (χ1) is 21.4. The van der Waals surface area contributed by atoms with Crippen LogP contribution in [-0.4, -0.2) is 51.5 Å². The summed E-state index contributed by atoms with van der Waals surface area (Å²) in [5, 5.41) is 2.85. The molecule has 0 bridgehead atoms. The van der Waals surface area contributed by atoms with Crippen LogP contribution in [0.5, 0.6) is 0 Å². The van der Waals surface area contributed by atoms with Gasteiger partial charge in [0.1, 0.15) is 0 Å². The number of carbonyl (C=O) groups excluding carboxylic acids is 4. The van der Waals surface area contributed by atoms with Crippen molar-refractivity contribution in [1.29, 1.82) is 0 Å². The fourth-order valence-electron chi connectivity index (χ4n) is 3.51. The zero-order valence-electron chi connectivity index (χ0n) is 23.0. The van der Waals surface area contributed by atoms with E-state index in [1.54, 1.807) is 0 Å². The molecule has 0 atom stereocenters. The maximum absolute atomic E-state index is 13.6. The van der Waals surface area contributed by atoms with Gasteiger partial charge in [-0.15, -0.1) is 0 Å². The van der Waals surface area contributed by atoms with E-state index in [4.69, 9.17) is 0 Å². The van der Waals surface area contributed by atoms with Gasteiger partial charge in [0.25, 0.3) is 0 Å². The number of hydrogen-bond donors (Lipinski definition) is 2. The van der Waals surface area contributed by atoms with E-state index in [-0.39, 0.29) is 36.4 Å². The maximum atomic E-state index is 13.6. The molecular formula is C22H14F12N4O8S2. The zero-order valence-corrected chi connectivity index (χ0v) is 24.6. The zero-order chi connectivity index (χ0) is 37.6. The van der Waals surface area contributed by atoms with E-state index in [2.05, 4.69) is 0 Å². The van der Waals surface area contributed by atoms with Crippen molar-refractivity contribution >= 4 is 66.4 Å². The maximum Gasteiger partial charge on any atom is 0.517 e. The number of rotatable bonds is 6. The second-order valence-corrected chi connectivity index (χ2v) is 12.4. The number of hydrogen-bond acceptors (Lipinski definition) is 8. The molecule has 0 heterocycles. The average Bonchev–Trinajstić information content (AvgIpc) is 2.85. The van der Waals surface area contributed by atoms with Crippen LogP contribution in [0.3, 0.4) is 0 Å². The Morgan fingerprint density at radius 2 is 0.812 bits per heavy atom. The Labute approximate surface area is 259 Å². The highest BCUT2D eigenvalue weighted by Gasteiger charge is 2.58. The molecule has 0 saturated carbocycles. The topological polar surface area (TPSA) is 167 Å². The lowest BCUT2D eigenvalue weighted by Crippen LogP contribution is -2.54. The summed E-state index contributed by atoms with van der Waals surface area (Å²) in [6.07, 6.45) is -10.9. The third-order valence-electron chi connectivity index (χ3n) is 5.33. The van der Waals surface area contributed by atoms with Crippen LogP contribution in [0.2, 0.25) is 0 Å². The molecule has 12 nitrogen and oxygen atoms in total. The Bertz CT molecular complexity index is 1730. The van der Waals surface area contributed by atoms with Crippen LogP contribution in [0.4, 0.5) is 75.4 Å². The monoisotopic (exact) mass is 754 g/mol. The minimum atomic E-state index is -7.42. The van der Waals surface area contributed by atoms with Crippen molar-refractivity contribution in [2.45, 2.75) is 37.2 Å². The van der Waals surface area contributed by atoms with Gasteiger partial charge in [0.15, 0.2) is 0 Å². The number of alkyl halides is 12. The Kier molecular flexibility index (Phi) is 10.5. The fraction of sp³-hybridized carbons (Fsp3) is 0.273. The molecule has 0 aromatic heterocycles. The summed E-state index contributed by atoms with van der Waals surface area (Å²) in [7, 11) is -14.8. The van der Waals surface area contributed by atoms with Crippen molar-refractivity contribution in [2.75, 3.05) is 19.2 Å². The van der Waals surface area contributed by atoms with Gasteiger partial charge in [0.2, 0.25) is 11.8 Å². The van der Waals surface area contributed by atoms with Crippen molar-refractivity contribution in [3.05, 3.63) is 47.5 Å². The average molecular weight is 754 g/mol. The van der Waals surface area contributed by atoms with Crippen molar-refractivity contribution in [3.8, 4) is 0 Å². The molecule has 0 aliphatic carbocycles. The molecule has 266 valence electrons. The minimum Gasteiger partial charge on any atom is -0.326 e. The molecule has 0 fully saturated rings. The lowest BCUT2D eigenvalue weighted by Gasteiger charge is -2.28.